The summed E-state index contributed by atoms with van der Waals surface area (Å²) in [6.45, 7) is 8.05. The third-order valence-corrected chi connectivity index (χ3v) is 5.48. The number of ether oxygens (including phenoxy) is 1. The Bertz CT molecular complexity index is 329. The van der Waals surface area contributed by atoms with E-state index in [1.54, 1.807) is 0 Å². The Kier molecular flexibility index (Phi) is 3.83. The zero-order valence-corrected chi connectivity index (χ0v) is 12.4. The summed E-state index contributed by atoms with van der Waals surface area (Å²) >= 11 is 1.99. The van der Waals surface area contributed by atoms with E-state index in [9.17, 15) is 4.79 Å². The minimum absolute atomic E-state index is 0.178. The summed E-state index contributed by atoms with van der Waals surface area (Å²) in [4.78, 5) is 13.9. The molecular weight excluding hydrogens is 248 g/mol. The molecule has 0 bridgehead atoms. The molecule has 104 valence electrons. The Hall–Kier alpha value is -0.420. The monoisotopic (exact) mass is 272 g/mol. The molecule has 0 aromatic heterocycles. The Morgan fingerprint density at radius 2 is 2.28 bits per heavy atom. The van der Waals surface area contributed by atoms with E-state index >= 15 is 0 Å². The van der Waals surface area contributed by atoms with E-state index in [0.717, 1.165) is 26.1 Å². The maximum atomic E-state index is 12.1. The van der Waals surface area contributed by atoms with E-state index in [1.165, 1.54) is 12.2 Å². The summed E-state index contributed by atoms with van der Waals surface area (Å²) < 4.78 is 5.64. The normalized spacial score (nSPS) is 32.2. The SMILES string of the molecule is CC(C)(C)OC(=O)N1CC[C@@]2(C1)SCC[C@H]2CN. The first-order valence-corrected chi connectivity index (χ1v) is 7.67. The third-order valence-electron chi connectivity index (χ3n) is 3.80. The second-order valence-corrected chi connectivity index (χ2v) is 7.80. The van der Waals surface area contributed by atoms with Crippen molar-refractivity contribution in [1.82, 2.24) is 4.90 Å². The van der Waals surface area contributed by atoms with Crippen molar-refractivity contribution >= 4 is 17.9 Å². The van der Waals surface area contributed by atoms with Crippen LogP contribution in [0.4, 0.5) is 4.79 Å². The Morgan fingerprint density at radius 1 is 1.56 bits per heavy atom. The van der Waals surface area contributed by atoms with Gasteiger partial charge in [-0.15, -0.1) is 0 Å². The number of amides is 1. The molecule has 0 saturated carbocycles. The summed E-state index contributed by atoms with van der Waals surface area (Å²) in [5.41, 5.74) is 5.45. The number of hydrogen-bond donors (Lipinski definition) is 1. The molecule has 18 heavy (non-hydrogen) atoms. The van der Waals surface area contributed by atoms with Gasteiger partial charge < -0.3 is 15.4 Å². The topological polar surface area (TPSA) is 55.6 Å². The number of carbonyl (C=O) groups excluding carboxylic acids is 1. The van der Waals surface area contributed by atoms with Crippen LogP contribution in [-0.4, -0.2) is 46.7 Å². The number of carbonyl (C=O) groups is 1. The average molecular weight is 272 g/mol. The average Bonchev–Trinajstić information content (AvgIpc) is 2.84. The van der Waals surface area contributed by atoms with Gasteiger partial charge in [-0.3, -0.25) is 0 Å². The predicted molar refractivity (Wildman–Crippen MR) is 74.8 cm³/mol. The highest BCUT2D eigenvalue weighted by Gasteiger charge is 2.49. The van der Waals surface area contributed by atoms with Gasteiger partial charge >= 0.3 is 6.09 Å². The molecular formula is C13H24N2O2S. The first kappa shape index (κ1) is 14.0. The molecule has 2 aliphatic rings. The van der Waals surface area contributed by atoms with E-state index in [2.05, 4.69) is 0 Å². The third kappa shape index (κ3) is 2.77. The number of rotatable bonds is 1. The molecule has 0 aliphatic carbocycles. The molecule has 0 aromatic carbocycles. The fourth-order valence-corrected chi connectivity index (χ4v) is 4.60. The number of thioether (sulfide) groups is 1. The van der Waals surface area contributed by atoms with E-state index < -0.39 is 5.60 Å². The number of likely N-dealkylation sites (tertiary alicyclic amines) is 1. The van der Waals surface area contributed by atoms with Crippen molar-refractivity contribution in [2.45, 2.75) is 44.0 Å². The zero-order chi connectivity index (χ0) is 13.4. The molecule has 4 nitrogen and oxygen atoms in total. The lowest BCUT2D eigenvalue weighted by Crippen LogP contribution is -2.41. The van der Waals surface area contributed by atoms with Crippen molar-refractivity contribution in [3.8, 4) is 0 Å². The Labute approximate surface area is 114 Å². The maximum Gasteiger partial charge on any atom is 0.410 e. The standard InChI is InChI=1S/C13H24N2O2S/c1-12(2,3)17-11(16)15-6-5-13(9-15)10(8-14)4-7-18-13/h10H,4-9,14H2,1-3H3/t10-,13-/m0/s1. The first-order chi connectivity index (χ1) is 8.36. The molecule has 2 saturated heterocycles. The van der Waals surface area contributed by atoms with Crippen molar-refractivity contribution in [1.29, 1.82) is 0 Å². The molecule has 2 N–H and O–H groups in total. The van der Waals surface area contributed by atoms with Crippen molar-refractivity contribution in [3.05, 3.63) is 0 Å². The molecule has 2 atom stereocenters. The predicted octanol–water partition coefficient (Wildman–Crippen LogP) is 2.08. The van der Waals surface area contributed by atoms with Gasteiger partial charge in [0.2, 0.25) is 0 Å². The molecule has 0 unspecified atom stereocenters. The summed E-state index contributed by atoms with van der Waals surface area (Å²) in [7, 11) is 0. The zero-order valence-electron chi connectivity index (χ0n) is 11.6. The molecule has 1 amide bonds. The van der Waals surface area contributed by atoms with E-state index in [4.69, 9.17) is 10.5 Å². The van der Waals surface area contributed by atoms with Gasteiger partial charge in [-0.05, 0) is 51.8 Å². The Morgan fingerprint density at radius 3 is 2.89 bits per heavy atom. The van der Waals surface area contributed by atoms with Crippen molar-refractivity contribution < 1.29 is 9.53 Å². The lowest BCUT2D eigenvalue weighted by molar-refractivity contribution is 0.0288. The van der Waals surface area contributed by atoms with Gasteiger partial charge in [-0.2, -0.15) is 11.8 Å². The number of nitrogens with zero attached hydrogens (tertiary/aromatic N) is 1. The molecule has 0 radical (unpaired) electrons. The van der Waals surface area contributed by atoms with Gasteiger partial charge in [0.05, 0.1) is 0 Å². The number of hydrogen-bond acceptors (Lipinski definition) is 4. The fraction of sp³-hybridized carbons (Fsp3) is 0.923. The molecule has 0 aromatic rings. The molecule has 2 rings (SSSR count). The van der Waals surface area contributed by atoms with Gasteiger partial charge in [0.25, 0.3) is 0 Å². The highest BCUT2D eigenvalue weighted by atomic mass is 32.2. The van der Waals surface area contributed by atoms with Gasteiger partial charge in [0, 0.05) is 17.8 Å². The van der Waals surface area contributed by atoms with Crippen LogP contribution in [0.3, 0.4) is 0 Å². The van der Waals surface area contributed by atoms with Crippen LogP contribution in [0.25, 0.3) is 0 Å². The quantitative estimate of drug-likeness (QED) is 0.794. The van der Waals surface area contributed by atoms with Crippen molar-refractivity contribution in [2.24, 2.45) is 11.7 Å². The summed E-state index contributed by atoms with van der Waals surface area (Å²) in [6.07, 6.45) is 2.06. The highest BCUT2D eigenvalue weighted by Crippen LogP contribution is 2.48. The van der Waals surface area contributed by atoms with Gasteiger partial charge in [0.15, 0.2) is 0 Å². The number of nitrogens with two attached hydrogens (primary N) is 1. The van der Waals surface area contributed by atoms with E-state index in [-0.39, 0.29) is 10.8 Å². The van der Waals surface area contributed by atoms with Crippen LogP contribution in [0.2, 0.25) is 0 Å². The van der Waals surface area contributed by atoms with Crippen LogP contribution in [0.15, 0.2) is 0 Å². The van der Waals surface area contributed by atoms with Crippen LogP contribution in [0.5, 0.6) is 0 Å². The maximum absolute atomic E-state index is 12.1. The summed E-state index contributed by atoms with van der Waals surface area (Å²) in [5, 5.41) is 0. The lowest BCUT2D eigenvalue weighted by Gasteiger charge is -2.30. The molecule has 5 heteroatoms. The van der Waals surface area contributed by atoms with Crippen LogP contribution in [-0.2, 0) is 4.74 Å². The van der Waals surface area contributed by atoms with Crippen molar-refractivity contribution in [2.75, 3.05) is 25.4 Å². The van der Waals surface area contributed by atoms with Crippen LogP contribution < -0.4 is 5.73 Å². The second-order valence-electron chi connectivity index (χ2n) is 6.29. The van der Waals surface area contributed by atoms with Gasteiger partial charge in [-0.1, -0.05) is 0 Å². The minimum Gasteiger partial charge on any atom is -0.444 e. The second kappa shape index (κ2) is 4.93. The molecule has 2 fully saturated rings. The highest BCUT2D eigenvalue weighted by molar-refractivity contribution is 8.01. The lowest BCUT2D eigenvalue weighted by atomic mass is 9.89. The van der Waals surface area contributed by atoms with Gasteiger partial charge in [0.1, 0.15) is 5.60 Å². The van der Waals surface area contributed by atoms with Crippen molar-refractivity contribution in [3.63, 3.8) is 0 Å². The summed E-state index contributed by atoms with van der Waals surface area (Å²) in [6, 6.07) is 0. The van der Waals surface area contributed by atoms with E-state index in [1.807, 2.05) is 37.4 Å². The van der Waals surface area contributed by atoms with Crippen LogP contribution >= 0.6 is 11.8 Å². The molecule has 2 heterocycles. The van der Waals surface area contributed by atoms with E-state index in [0.29, 0.717) is 5.92 Å². The Balaban J connectivity index is 1.98. The smallest absolute Gasteiger partial charge is 0.410 e. The fourth-order valence-electron chi connectivity index (χ4n) is 2.86. The summed E-state index contributed by atoms with van der Waals surface area (Å²) in [5.74, 6) is 1.72. The van der Waals surface area contributed by atoms with Crippen LogP contribution in [0.1, 0.15) is 33.6 Å². The minimum atomic E-state index is -0.414. The first-order valence-electron chi connectivity index (χ1n) is 6.68. The molecule has 1 spiro atoms. The van der Waals surface area contributed by atoms with Crippen LogP contribution in [0, 0.1) is 5.92 Å². The molecule has 2 aliphatic heterocycles. The largest absolute Gasteiger partial charge is 0.444 e. The van der Waals surface area contributed by atoms with Gasteiger partial charge in [-0.25, -0.2) is 4.79 Å².